The van der Waals surface area contributed by atoms with Gasteiger partial charge in [-0.3, -0.25) is 4.99 Å². The zero-order valence-electron chi connectivity index (χ0n) is 10.5. The van der Waals surface area contributed by atoms with E-state index in [2.05, 4.69) is 25.9 Å². The number of nitrogens with one attached hydrogen (secondary N) is 3. The topological polar surface area (TPSA) is 61.3 Å². The van der Waals surface area contributed by atoms with Gasteiger partial charge in [0.25, 0.3) is 0 Å². The Kier molecular flexibility index (Phi) is 6.55. The van der Waals surface area contributed by atoms with E-state index in [9.17, 15) is 0 Å². The van der Waals surface area contributed by atoms with Crippen molar-refractivity contribution in [3.05, 3.63) is 24.4 Å². The van der Waals surface area contributed by atoms with Gasteiger partial charge in [0.05, 0.1) is 0 Å². The van der Waals surface area contributed by atoms with Crippen molar-refractivity contribution >= 4 is 11.8 Å². The molecule has 0 spiro atoms. The maximum atomic E-state index is 4.20. The molecular formula is C12H21N5. The third-order valence-corrected chi connectivity index (χ3v) is 2.33. The van der Waals surface area contributed by atoms with Gasteiger partial charge in [0.15, 0.2) is 5.96 Å². The Balaban J connectivity index is 2.02. The molecule has 0 radical (unpaired) electrons. The van der Waals surface area contributed by atoms with Crippen LogP contribution < -0.4 is 16.0 Å². The second-order valence-electron chi connectivity index (χ2n) is 3.60. The normalized spacial score (nSPS) is 11.1. The van der Waals surface area contributed by atoms with Crippen LogP contribution in [0.15, 0.2) is 29.4 Å². The highest BCUT2D eigenvalue weighted by molar-refractivity contribution is 5.79. The highest BCUT2D eigenvalue weighted by Gasteiger charge is 1.93. The highest BCUT2D eigenvalue weighted by Crippen LogP contribution is 1.99. The van der Waals surface area contributed by atoms with Crippen LogP contribution in [-0.4, -0.2) is 38.1 Å². The molecule has 0 amide bonds. The van der Waals surface area contributed by atoms with Crippen molar-refractivity contribution in [3.8, 4) is 0 Å². The van der Waals surface area contributed by atoms with Crippen molar-refractivity contribution in [1.82, 2.24) is 15.6 Å². The quantitative estimate of drug-likeness (QED) is 0.392. The Labute approximate surface area is 103 Å². The van der Waals surface area contributed by atoms with E-state index in [1.165, 1.54) is 0 Å². The Bertz CT molecular complexity index is 323. The van der Waals surface area contributed by atoms with Gasteiger partial charge in [0.2, 0.25) is 0 Å². The van der Waals surface area contributed by atoms with Crippen LogP contribution in [0.3, 0.4) is 0 Å². The molecule has 0 aliphatic heterocycles. The van der Waals surface area contributed by atoms with E-state index in [4.69, 9.17) is 0 Å². The first-order valence-electron chi connectivity index (χ1n) is 5.90. The number of unbranched alkanes of at least 4 members (excludes halogenated alkanes) is 1. The van der Waals surface area contributed by atoms with Gasteiger partial charge in [-0.25, -0.2) is 4.98 Å². The van der Waals surface area contributed by atoms with Crippen LogP contribution in [0, 0.1) is 0 Å². The average molecular weight is 235 g/mol. The summed E-state index contributed by atoms with van der Waals surface area (Å²) >= 11 is 0. The standard InChI is InChI=1S/C12H21N5/c1-13-12(14-2)17-10-6-5-9-16-11-7-3-4-8-15-11/h3-4,7-8H,5-6,9-10H2,1-2H3,(H,15,16)(H2,13,14,17). The Morgan fingerprint density at radius 3 is 2.76 bits per heavy atom. The molecule has 1 rings (SSSR count). The number of nitrogens with zero attached hydrogens (tertiary/aromatic N) is 2. The molecule has 0 aliphatic carbocycles. The van der Waals surface area contributed by atoms with Crippen LogP contribution >= 0.6 is 0 Å². The van der Waals surface area contributed by atoms with Gasteiger partial charge in [-0.1, -0.05) is 6.07 Å². The molecule has 0 aromatic carbocycles. The van der Waals surface area contributed by atoms with Crippen LogP contribution in [0.2, 0.25) is 0 Å². The van der Waals surface area contributed by atoms with E-state index >= 15 is 0 Å². The first-order chi connectivity index (χ1) is 8.36. The number of pyridine rings is 1. The maximum Gasteiger partial charge on any atom is 0.190 e. The molecule has 5 nitrogen and oxygen atoms in total. The van der Waals surface area contributed by atoms with Gasteiger partial charge in [-0.2, -0.15) is 0 Å². The summed E-state index contributed by atoms with van der Waals surface area (Å²) in [5.74, 6) is 1.77. The summed E-state index contributed by atoms with van der Waals surface area (Å²) in [5, 5.41) is 9.47. The Hall–Kier alpha value is -1.78. The second-order valence-corrected chi connectivity index (χ2v) is 3.60. The predicted molar refractivity (Wildman–Crippen MR) is 72.4 cm³/mol. The summed E-state index contributed by atoms with van der Waals surface area (Å²) in [5.41, 5.74) is 0. The van der Waals surface area contributed by atoms with Crippen LogP contribution in [-0.2, 0) is 0 Å². The molecular weight excluding hydrogens is 214 g/mol. The third-order valence-electron chi connectivity index (χ3n) is 2.33. The number of rotatable bonds is 6. The molecule has 0 aliphatic rings. The van der Waals surface area contributed by atoms with E-state index in [1.54, 1.807) is 13.2 Å². The van der Waals surface area contributed by atoms with Gasteiger partial charge >= 0.3 is 0 Å². The summed E-state index contributed by atoms with van der Waals surface area (Å²) in [7, 11) is 3.62. The molecule has 94 valence electrons. The molecule has 0 fully saturated rings. The fourth-order valence-electron chi connectivity index (χ4n) is 1.42. The monoisotopic (exact) mass is 235 g/mol. The molecule has 1 aromatic heterocycles. The summed E-state index contributed by atoms with van der Waals surface area (Å²) < 4.78 is 0. The highest BCUT2D eigenvalue weighted by atomic mass is 15.1. The fraction of sp³-hybridized carbons (Fsp3) is 0.500. The number of hydrogen-bond acceptors (Lipinski definition) is 3. The van der Waals surface area contributed by atoms with E-state index < -0.39 is 0 Å². The van der Waals surface area contributed by atoms with Crippen molar-refractivity contribution in [2.24, 2.45) is 4.99 Å². The van der Waals surface area contributed by atoms with E-state index in [0.29, 0.717) is 0 Å². The molecule has 0 unspecified atom stereocenters. The van der Waals surface area contributed by atoms with E-state index in [-0.39, 0.29) is 0 Å². The summed E-state index contributed by atoms with van der Waals surface area (Å²) in [6.07, 6.45) is 3.99. The maximum absolute atomic E-state index is 4.20. The Morgan fingerprint density at radius 1 is 1.29 bits per heavy atom. The molecule has 0 bridgehead atoms. The fourth-order valence-corrected chi connectivity index (χ4v) is 1.42. The Morgan fingerprint density at radius 2 is 2.12 bits per heavy atom. The number of aliphatic imine (C=N–C) groups is 1. The summed E-state index contributed by atoms with van der Waals surface area (Å²) in [4.78, 5) is 8.24. The number of hydrogen-bond donors (Lipinski definition) is 3. The zero-order valence-corrected chi connectivity index (χ0v) is 10.5. The minimum absolute atomic E-state index is 0.836. The van der Waals surface area contributed by atoms with Crippen molar-refractivity contribution in [2.75, 3.05) is 32.5 Å². The van der Waals surface area contributed by atoms with E-state index in [0.717, 1.165) is 37.7 Å². The van der Waals surface area contributed by atoms with Crippen LogP contribution in [0.5, 0.6) is 0 Å². The lowest BCUT2D eigenvalue weighted by Gasteiger charge is -2.08. The van der Waals surface area contributed by atoms with E-state index in [1.807, 2.05) is 25.2 Å². The first kappa shape index (κ1) is 13.3. The lowest BCUT2D eigenvalue weighted by Crippen LogP contribution is -2.35. The van der Waals surface area contributed by atoms with Gasteiger partial charge in [0, 0.05) is 33.4 Å². The van der Waals surface area contributed by atoms with Gasteiger partial charge in [-0.15, -0.1) is 0 Å². The van der Waals surface area contributed by atoms with Crippen molar-refractivity contribution in [1.29, 1.82) is 0 Å². The summed E-state index contributed by atoms with van der Waals surface area (Å²) in [6, 6.07) is 5.87. The molecule has 3 N–H and O–H groups in total. The molecule has 5 heteroatoms. The minimum atomic E-state index is 0.836. The first-order valence-corrected chi connectivity index (χ1v) is 5.90. The van der Waals surface area contributed by atoms with Crippen molar-refractivity contribution in [2.45, 2.75) is 12.8 Å². The molecule has 0 saturated heterocycles. The zero-order chi connectivity index (χ0) is 12.3. The van der Waals surface area contributed by atoms with Gasteiger partial charge in [-0.05, 0) is 25.0 Å². The van der Waals surface area contributed by atoms with Gasteiger partial charge in [0.1, 0.15) is 5.82 Å². The molecule has 17 heavy (non-hydrogen) atoms. The van der Waals surface area contributed by atoms with Crippen molar-refractivity contribution in [3.63, 3.8) is 0 Å². The summed E-state index contributed by atoms with van der Waals surface area (Å²) in [6.45, 7) is 1.87. The number of aromatic nitrogens is 1. The van der Waals surface area contributed by atoms with Crippen LogP contribution in [0.25, 0.3) is 0 Å². The number of anilines is 1. The molecule has 0 saturated carbocycles. The van der Waals surface area contributed by atoms with Crippen LogP contribution in [0.4, 0.5) is 5.82 Å². The smallest absolute Gasteiger partial charge is 0.190 e. The average Bonchev–Trinajstić information content (AvgIpc) is 2.39. The lowest BCUT2D eigenvalue weighted by molar-refractivity contribution is 0.720. The molecule has 1 aromatic rings. The van der Waals surface area contributed by atoms with Crippen molar-refractivity contribution < 1.29 is 0 Å². The largest absolute Gasteiger partial charge is 0.370 e. The number of guanidine groups is 1. The van der Waals surface area contributed by atoms with Gasteiger partial charge < -0.3 is 16.0 Å². The minimum Gasteiger partial charge on any atom is -0.370 e. The van der Waals surface area contributed by atoms with Crippen LogP contribution in [0.1, 0.15) is 12.8 Å². The second kappa shape index (κ2) is 8.38. The SMILES string of the molecule is CN=C(NC)NCCCCNc1ccccn1. The predicted octanol–water partition coefficient (Wildman–Crippen LogP) is 1.07. The lowest BCUT2D eigenvalue weighted by atomic mass is 10.3. The molecule has 1 heterocycles. The third kappa shape index (κ3) is 5.75. The molecule has 0 atom stereocenters.